The van der Waals surface area contributed by atoms with Crippen molar-refractivity contribution in [2.75, 3.05) is 6.54 Å². The summed E-state index contributed by atoms with van der Waals surface area (Å²) in [7, 11) is 0. The van der Waals surface area contributed by atoms with Gasteiger partial charge in [-0.05, 0) is 42.3 Å². The molecule has 0 aliphatic heterocycles. The lowest BCUT2D eigenvalue weighted by Gasteiger charge is -2.10. The number of benzene rings is 2. The molecule has 0 aromatic heterocycles. The zero-order valence-corrected chi connectivity index (χ0v) is 14.4. The van der Waals surface area contributed by atoms with Crippen LogP contribution in [0.25, 0.3) is 0 Å². The summed E-state index contributed by atoms with van der Waals surface area (Å²) in [5.74, 6) is 0.703. The van der Waals surface area contributed by atoms with Gasteiger partial charge in [-0.25, -0.2) is 0 Å². The highest BCUT2D eigenvalue weighted by Gasteiger charge is 2.03. The van der Waals surface area contributed by atoms with E-state index in [0.29, 0.717) is 17.4 Å². The molecule has 0 aliphatic rings. The third-order valence-electron chi connectivity index (χ3n) is 3.04. The van der Waals surface area contributed by atoms with Crippen LogP contribution >= 0.6 is 27.5 Å². The highest BCUT2D eigenvalue weighted by atomic mass is 79.9. The Labute approximate surface area is 139 Å². The second kappa shape index (κ2) is 8.42. The summed E-state index contributed by atoms with van der Waals surface area (Å²) in [5.41, 5.74) is 2.41. The van der Waals surface area contributed by atoms with E-state index >= 15 is 0 Å². The molecule has 0 heterocycles. The Kier molecular flexibility index (Phi) is 6.55. The molecule has 1 N–H and O–H groups in total. The number of rotatable bonds is 7. The second-order valence-corrected chi connectivity index (χ2v) is 6.18. The summed E-state index contributed by atoms with van der Waals surface area (Å²) >= 11 is 9.53. The smallest absolute Gasteiger partial charge is 0.138 e. The largest absolute Gasteiger partial charge is 0.487 e. The van der Waals surface area contributed by atoms with E-state index in [1.54, 1.807) is 0 Å². The van der Waals surface area contributed by atoms with Crippen LogP contribution in [-0.2, 0) is 13.2 Å². The first-order chi connectivity index (χ1) is 10.2. The summed E-state index contributed by atoms with van der Waals surface area (Å²) < 4.78 is 6.73. The predicted octanol–water partition coefficient (Wildman–Crippen LogP) is 5.18. The molecule has 0 bridgehead atoms. The fourth-order valence-electron chi connectivity index (χ4n) is 1.99. The van der Waals surface area contributed by atoms with Crippen LogP contribution in [0.1, 0.15) is 24.5 Å². The fourth-order valence-corrected chi connectivity index (χ4v) is 2.72. The topological polar surface area (TPSA) is 21.3 Å². The zero-order chi connectivity index (χ0) is 15.1. The monoisotopic (exact) mass is 367 g/mol. The van der Waals surface area contributed by atoms with Crippen molar-refractivity contribution in [3.05, 3.63) is 63.1 Å². The molecule has 2 nitrogen and oxygen atoms in total. The standard InChI is InChI=1S/C17H19BrClNO/c1-2-8-20-11-13-4-3-5-14(9-13)12-21-17-7-6-15(18)10-16(17)19/h3-7,9-10,20H,2,8,11-12H2,1H3. The van der Waals surface area contributed by atoms with Crippen LogP contribution in [0.5, 0.6) is 5.75 Å². The first kappa shape index (κ1) is 16.3. The summed E-state index contributed by atoms with van der Waals surface area (Å²) in [4.78, 5) is 0. The SMILES string of the molecule is CCCNCc1cccc(COc2ccc(Br)cc2Cl)c1. The minimum absolute atomic E-state index is 0.517. The van der Waals surface area contributed by atoms with Gasteiger partial charge >= 0.3 is 0 Å². The molecule has 21 heavy (non-hydrogen) atoms. The van der Waals surface area contributed by atoms with Gasteiger partial charge in [-0.2, -0.15) is 0 Å². The van der Waals surface area contributed by atoms with E-state index in [0.717, 1.165) is 29.5 Å². The minimum Gasteiger partial charge on any atom is -0.487 e. The van der Waals surface area contributed by atoms with Crippen molar-refractivity contribution in [1.29, 1.82) is 0 Å². The van der Waals surface area contributed by atoms with E-state index in [4.69, 9.17) is 16.3 Å². The first-order valence-corrected chi connectivity index (χ1v) is 8.22. The van der Waals surface area contributed by atoms with E-state index in [1.807, 2.05) is 18.2 Å². The maximum atomic E-state index is 6.15. The molecule has 0 radical (unpaired) electrons. The van der Waals surface area contributed by atoms with Crippen LogP contribution < -0.4 is 10.1 Å². The molecule has 2 rings (SSSR count). The molecule has 2 aromatic carbocycles. The lowest BCUT2D eigenvalue weighted by molar-refractivity contribution is 0.306. The summed E-state index contributed by atoms with van der Waals surface area (Å²) in [6.45, 7) is 4.61. The van der Waals surface area contributed by atoms with Crippen molar-refractivity contribution in [1.82, 2.24) is 5.32 Å². The third kappa shape index (κ3) is 5.34. The highest BCUT2D eigenvalue weighted by molar-refractivity contribution is 9.10. The predicted molar refractivity (Wildman–Crippen MR) is 91.9 cm³/mol. The van der Waals surface area contributed by atoms with Crippen molar-refractivity contribution in [2.24, 2.45) is 0 Å². The summed E-state index contributed by atoms with van der Waals surface area (Å²) in [5, 5.41) is 4.02. The first-order valence-electron chi connectivity index (χ1n) is 7.05. The van der Waals surface area contributed by atoms with Gasteiger partial charge in [-0.15, -0.1) is 0 Å². The average molecular weight is 369 g/mol. The molecule has 0 fully saturated rings. The van der Waals surface area contributed by atoms with Crippen LogP contribution in [0, 0.1) is 0 Å². The lowest BCUT2D eigenvalue weighted by atomic mass is 10.1. The van der Waals surface area contributed by atoms with E-state index in [-0.39, 0.29) is 0 Å². The van der Waals surface area contributed by atoms with Crippen LogP contribution in [0.15, 0.2) is 46.9 Å². The van der Waals surface area contributed by atoms with Crippen LogP contribution in [0.4, 0.5) is 0 Å². The Hall–Kier alpha value is -1.03. The van der Waals surface area contributed by atoms with Gasteiger partial charge in [0.15, 0.2) is 0 Å². The molecule has 0 saturated carbocycles. The second-order valence-electron chi connectivity index (χ2n) is 4.86. The maximum Gasteiger partial charge on any atom is 0.138 e. The molecular weight excluding hydrogens is 350 g/mol. The summed E-state index contributed by atoms with van der Waals surface area (Å²) in [6.07, 6.45) is 1.14. The number of nitrogens with one attached hydrogen (secondary N) is 1. The summed E-state index contributed by atoms with van der Waals surface area (Å²) in [6, 6.07) is 14.0. The number of hydrogen-bond donors (Lipinski definition) is 1. The van der Waals surface area contributed by atoms with Gasteiger partial charge in [0.05, 0.1) is 5.02 Å². The molecule has 0 saturated heterocycles. The molecule has 4 heteroatoms. The Morgan fingerprint density at radius 1 is 1.14 bits per heavy atom. The molecule has 2 aromatic rings. The molecular formula is C17H19BrClNO. The average Bonchev–Trinajstić information content (AvgIpc) is 2.47. The van der Waals surface area contributed by atoms with E-state index < -0.39 is 0 Å². The van der Waals surface area contributed by atoms with Gasteiger partial charge < -0.3 is 10.1 Å². The van der Waals surface area contributed by atoms with Crippen LogP contribution in [0.2, 0.25) is 5.02 Å². The van der Waals surface area contributed by atoms with Crippen LogP contribution in [0.3, 0.4) is 0 Å². The van der Waals surface area contributed by atoms with E-state index in [9.17, 15) is 0 Å². The Morgan fingerprint density at radius 3 is 2.71 bits per heavy atom. The number of halogens is 2. The Bertz CT molecular complexity index is 589. The van der Waals surface area contributed by atoms with Gasteiger partial charge in [-0.3, -0.25) is 0 Å². The van der Waals surface area contributed by atoms with Gasteiger partial charge in [0.1, 0.15) is 12.4 Å². The van der Waals surface area contributed by atoms with E-state index in [1.165, 1.54) is 5.56 Å². The van der Waals surface area contributed by atoms with Crippen molar-refractivity contribution >= 4 is 27.5 Å². The normalized spacial score (nSPS) is 10.6. The molecule has 112 valence electrons. The van der Waals surface area contributed by atoms with Crippen molar-refractivity contribution in [3.63, 3.8) is 0 Å². The van der Waals surface area contributed by atoms with Crippen molar-refractivity contribution in [2.45, 2.75) is 26.5 Å². The third-order valence-corrected chi connectivity index (χ3v) is 3.82. The Balaban J connectivity index is 1.95. The molecule has 0 aliphatic carbocycles. The highest BCUT2D eigenvalue weighted by Crippen LogP contribution is 2.28. The zero-order valence-electron chi connectivity index (χ0n) is 12.0. The maximum absolute atomic E-state index is 6.15. The van der Waals surface area contributed by atoms with Gasteiger partial charge in [-0.1, -0.05) is 58.7 Å². The van der Waals surface area contributed by atoms with Gasteiger partial charge in [0, 0.05) is 11.0 Å². The quantitative estimate of drug-likeness (QED) is 0.680. The molecule has 0 spiro atoms. The molecule has 0 amide bonds. The van der Waals surface area contributed by atoms with E-state index in [2.05, 4.69) is 52.4 Å². The number of ether oxygens (including phenoxy) is 1. The number of hydrogen-bond acceptors (Lipinski definition) is 2. The molecule has 0 atom stereocenters. The lowest BCUT2D eigenvalue weighted by Crippen LogP contribution is -2.13. The van der Waals surface area contributed by atoms with Gasteiger partial charge in [0.25, 0.3) is 0 Å². The fraction of sp³-hybridized carbons (Fsp3) is 0.294. The molecule has 0 unspecified atom stereocenters. The van der Waals surface area contributed by atoms with Crippen LogP contribution in [-0.4, -0.2) is 6.54 Å². The Morgan fingerprint density at radius 2 is 1.95 bits per heavy atom. The van der Waals surface area contributed by atoms with Crippen molar-refractivity contribution < 1.29 is 4.74 Å². The van der Waals surface area contributed by atoms with Crippen molar-refractivity contribution in [3.8, 4) is 5.75 Å². The van der Waals surface area contributed by atoms with Gasteiger partial charge in [0.2, 0.25) is 0 Å². The minimum atomic E-state index is 0.517.